The Labute approximate surface area is 88.4 Å². The lowest BCUT2D eigenvalue weighted by atomic mass is 10.0. The van der Waals surface area contributed by atoms with Crippen LogP contribution in [0.3, 0.4) is 0 Å². The van der Waals surface area contributed by atoms with E-state index in [0.29, 0.717) is 12.2 Å². The van der Waals surface area contributed by atoms with Crippen LogP contribution in [-0.2, 0) is 0 Å². The third-order valence-electron chi connectivity index (χ3n) is 2.52. The molecule has 5 heteroatoms. The predicted octanol–water partition coefficient (Wildman–Crippen LogP) is 0.499. The molecule has 1 aliphatic heterocycles. The van der Waals surface area contributed by atoms with Gasteiger partial charge >= 0.3 is 0 Å². The maximum Gasteiger partial charge on any atom is 0.276 e. The molecule has 0 spiro atoms. The summed E-state index contributed by atoms with van der Waals surface area (Å²) in [4.78, 5) is 13.7. The van der Waals surface area contributed by atoms with Crippen LogP contribution >= 0.6 is 0 Å². The molecule has 1 aromatic heterocycles. The molecule has 0 atom stereocenters. The number of nitrogens with zero attached hydrogens (tertiary/aromatic N) is 2. The third-order valence-corrected chi connectivity index (χ3v) is 2.52. The number of amides is 1. The van der Waals surface area contributed by atoms with Crippen molar-refractivity contribution < 1.29 is 9.32 Å². The van der Waals surface area contributed by atoms with E-state index in [-0.39, 0.29) is 11.4 Å². The summed E-state index contributed by atoms with van der Waals surface area (Å²) in [5, 5.41) is 7.00. The highest BCUT2D eigenvalue weighted by Crippen LogP contribution is 2.12. The van der Waals surface area contributed by atoms with Gasteiger partial charge in [0.05, 0.1) is 0 Å². The minimum Gasteiger partial charge on any atom is -0.364 e. The number of nitrogens with one attached hydrogen (secondary N) is 1. The largest absolute Gasteiger partial charge is 0.364 e. The summed E-state index contributed by atoms with van der Waals surface area (Å²) in [6.45, 7) is 6.38. The number of hydrogen-bond acceptors (Lipinski definition) is 4. The highest BCUT2D eigenvalue weighted by atomic mass is 16.5. The Hall–Kier alpha value is -1.36. The number of carbonyl (C=O) groups is 1. The number of hydrogen-bond donors (Lipinski definition) is 1. The van der Waals surface area contributed by atoms with E-state index in [1.54, 1.807) is 11.0 Å². The van der Waals surface area contributed by atoms with Crippen LogP contribution < -0.4 is 5.32 Å². The van der Waals surface area contributed by atoms with E-state index < -0.39 is 0 Å². The predicted molar refractivity (Wildman–Crippen MR) is 54.5 cm³/mol. The molecule has 1 aromatic rings. The molecule has 1 amide bonds. The Balaban J connectivity index is 2.08. The van der Waals surface area contributed by atoms with Gasteiger partial charge in [-0.2, -0.15) is 0 Å². The zero-order valence-electron chi connectivity index (χ0n) is 8.99. The first kappa shape index (κ1) is 10.2. The van der Waals surface area contributed by atoms with Crippen LogP contribution in [0.1, 0.15) is 24.3 Å². The van der Waals surface area contributed by atoms with Crippen molar-refractivity contribution in [3.8, 4) is 0 Å². The molecule has 1 saturated heterocycles. The maximum absolute atomic E-state index is 11.9. The first-order valence-corrected chi connectivity index (χ1v) is 5.03. The summed E-state index contributed by atoms with van der Waals surface area (Å²) in [6.07, 6.45) is 1.42. The van der Waals surface area contributed by atoms with Gasteiger partial charge in [0, 0.05) is 31.2 Å². The quantitative estimate of drug-likeness (QED) is 0.731. The molecular formula is C10H15N3O2. The summed E-state index contributed by atoms with van der Waals surface area (Å²) in [5.74, 6) is -0.0571. The molecule has 1 fully saturated rings. The van der Waals surface area contributed by atoms with Gasteiger partial charge in [0.25, 0.3) is 5.91 Å². The Bertz CT molecular complexity index is 346. The van der Waals surface area contributed by atoms with Gasteiger partial charge in [-0.05, 0) is 13.8 Å². The first-order valence-electron chi connectivity index (χ1n) is 5.03. The summed E-state index contributed by atoms with van der Waals surface area (Å²) < 4.78 is 4.67. The number of carbonyl (C=O) groups excluding carboxylic acids is 1. The fourth-order valence-corrected chi connectivity index (χ4v) is 1.80. The molecule has 2 heterocycles. The monoisotopic (exact) mass is 209 g/mol. The van der Waals surface area contributed by atoms with Gasteiger partial charge in [-0.25, -0.2) is 0 Å². The second kappa shape index (κ2) is 3.66. The maximum atomic E-state index is 11.9. The minimum absolute atomic E-state index is 0.0301. The van der Waals surface area contributed by atoms with Crippen LogP contribution in [0.25, 0.3) is 0 Å². The van der Waals surface area contributed by atoms with E-state index in [0.717, 1.165) is 13.1 Å². The Morgan fingerprint density at radius 3 is 3.07 bits per heavy atom. The molecule has 82 valence electrons. The SMILES string of the molecule is CC1(C)CN(C(=O)c2ccon2)CCN1. The molecule has 5 nitrogen and oxygen atoms in total. The Kier molecular flexibility index (Phi) is 2.48. The van der Waals surface area contributed by atoms with Crippen LogP contribution in [0.4, 0.5) is 0 Å². The number of piperazine rings is 1. The van der Waals surface area contributed by atoms with E-state index >= 15 is 0 Å². The number of aromatic nitrogens is 1. The average Bonchev–Trinajstić information content (AvgIpc) is 2.67. The standard InChI is InChI=1S/C10H15N3O2/c1-10(2)7-13(5-4-11-10)9(14)8-3-6-15-12-8/h3,6,11H,4-5,7H2,1-2H3. The van der Waals surface area contributed by atoms with Crippen molar-refractivity contribution in [2.24, 2.45) is 0 Å². The summed E-state index contributed by atoms with van der Waals surface area (Å²) in [7, 11) is 0. The first-order chi connectivity index (χ1) is 7.08. The van der Waals surface area contributed by atoms with Crippen molar-refractivity contribution in [2.75, 3.05) is 19.6 Å². The van der Waals surface area contributed by atoms with Gasteiger partial charge in [0.2, 0.25) is 0 Å². The normalized spacial score (nSPS) is 20.3. The highest BCUT2D eigenvalue weighted by molar-refractivity contribution is 5.92. The van der Waals surface area contributed by atoms with Crippen LogP contribution in [0, 0.1) is 0 Å². The van der Waals surface area contributed by atoms with Crippen molar-refractivity contribution in [1.82, 2.24) is 15.4 Å². The molecule has 0 saturated carbocycles. The molecule has 1 aliphatic rings. The minimum atomic E-state index is -0.0571. The average molecular weight is 209 g/mol. The highest BCUT2D eigenvalue weighted by Gasteiger charge is 2.29. The van der Waals surface area contributed by atoms with E-state index in [1.165, 1.54) is 6.26 Å². The molecule has 0 radical (unpaired) electrons. The van der Waals surface area contributed by atoms with Crippen molar-refractivity contribution >= 4 is 5.91 Å². The smallest absolute Gasteiger partial charge is 0.276 e. The van der Waals surface area contributed by atoms with Crippen LogP contribution in [-0.4, -0.2) is 41.1 Å². The van der Waals surface area contributed by atoms with E-state index in [2.05, 4.69) is 28.8 Å². The van der Waals surface area contributed by atoms with Crippen molar-refractivity contribution in [3.63, 3.8) is 0 Å². The van der Waals surface area contributed by atoms with Gasteiger partial charge in [0.15, 0.2) is 5.69 Å². The van der Waals surface area contributed by atoms with Crippen molar-refractivity contribution in [3.05, 3.63) is 18.0 Å². The Morgan fingerprint density at radius 2 is 2.47 bits per heavy atom. The number of rotatable bonds is 1. The van der Waals surface area contributed by atoms with Crippen LogP contribution in [0.15, 0.2) is 16.9 Å². The lowest BCUT2D eigenvalue weighted by molar-refractivity contribution is 0.0642. The molecule has 1 N–H and O–H groups in total. The molecule has 2 rings (SSSR count). The van der Waals surface area contributed by atoms with Gasteiger partial charge in [0.1, 0.15) is 6.26 Å². The summed E-state index contributed by atoms with van der Waals surface area (Å²) in [6, 6.07) is 1.59. The lowest BCUT2D eigenvalue weighted by Crippen LogP contribution is -2.58. The fourth-order valence-electron chi connectivity index (χ4n) is 1.80. The molecule has 15 heavy (non-hydrogen) atoms. The van der Waals surface area contributed by atoms with Gasteiger partial charge < -0.3 is 14.7 Å². The summed E-state index contributed by atoms with van der Waals surface area (Å²) in [5.41, 5.74) is 0.352. The zero-order valence-corrected chi connectivity index (χ0v) is 8.99. The Morgan fingerprint density at radius 1 is 1.67 bits per heavy atom. The van der Waals surface area contributed by atoms with Crippen molar-refractivity contribution in [2.45, 2.75) is 19.4 Å². The van der Waals surface area contributed by atoms with E-state index in [9.17, 15) is 4.79 Å². The topological polar surface area (TPSA) is 58.4 Å². The molecule has 0 aliphatic carbocycles. The summed E-state index contributed by atoms with van der Waals surface area (Å²) >= 11 is 0. The molecular weight excluding hydrogens is 194 g/mol. The van der Waals surface area contributed by atoms with Gasteiger partial charge in [-0.15, -0.1) is 0 Å². The van der Waals surface area contributed by atoms with Crippen molar-refractivity contribution in [1.29, 1.82) is 0 Å². The van der Waals surface area contributed by atoms with Crippen LogP contribution in [0.2, 0.25) is 0 Å². The molecule has 0 bridgehead atoms. The molecule has 0 aromatic carbocycles. The van der Waals surface area contributed by atoms with Gasteiger partial charge in [-0.3, -0.25) is 4.79 Å². The van der Waals surface area contributed by atoms with E-state index in [4.69, 9.17) is 0 Å². The third kappa shape index (κ3) is 2.18. The second-order valence-corrected chi connectivity index (χ2v) is 4.42. The lowest BCUT2D eigenvalue weighted by Gasteiger charge is -2.38. The second-order valence-electron chi connectivity index (χ2n) is 4.42. The van der Waals surface area contributed by atoms with Gasteiger partial charge in [-0.1, -0.05) is 5.16 Å². The zero-order chi connectivity index (χ0) is 10.9. The fraction of sp³-hybridized carbons (Fsp3) is 0.600. The molecule has 0 unspecified atom stereocenters. The van der Waals surface area contributed by atoms with Crippen LogP contribution in [0.5, 0.6) is 0 Å². The van der Waals surface area contributed by atoms with E-state index in [1.807, 2.05) is 0 Å².